The maximum Gasteiger partial charge on any atom is 0.573 e. The normalized spacial score (nSPS) is 15.1. The lowest BCUT2D eigenvalue weighted by Crippen LogP contribution is -2.50. The van der Waals surface area contributed by atoms with Crippen molar-refractivity contribution in [3.05, 3.63) is 66.2 Å². The fourth-order valence-corrected chi connectivity index (χ4v) is 3.11. The number of anilines is 1. The highest BCUT2D eigenvalue weighted by Crippen LogP contribution is 2.23. The summed E-state index contributed by atoms with van der Waals surface area (Å²) >= 11 is 0. The number of ether oxygens (including phenoxy) is 1. The Morgan fingerprint density at radius 1 is 0.968 bits per heavy atom. The van der Waals surface area contributed by atoms with Gasteiger partial charge in [0.05, 0.1) is 6.54 Å². The first-order chi connectivity index (χ1) is 14.8. The van der Waals surface area contributed by atoms with Gasteiger partial charge in [0.25, 0.3) is 0 Å². The van der Waals surface area contributed by atoms with E-state index < -0.39 is 6.36 Å². The number of rotatable bonds is 6. The molecule has 1 saturated heterocycles. The third-order valence-corrected chi connectivity index (χ3v) is 4.64. The monoisotopic (exact) mass is 433 g/mol. The minimum atomic E-state index is -4.76. The molecule has 0 spiro atoms. The molecule has 6 nitrogen and oxygen atoms in total. The van der Waals surface area contributed by atoms with Gasteiger partial charge < -0.3 is 15.0 Å². The van der Waals surface area contributed by atoms with Gasteiger partial charge in [0.2, 0.25) is 11.8 Å². The maximum atomic E-state index is 12.3. The maximum absolute atomic E-state index is 12.3. The van der Waals surface area contributed by atoms with Crippen molar-refractivity contribution in [1.82, 2.24) is 9.80 Å². The van der Waals surface area contributed by atoms with Crippen molar-refractivity contribution >= 4 is 23.6 Å². The molecule has 3 rings (SSSR count). The first kappa shape index (κ1) is 22.4. The number of benzene rings is 2. The number of hydrogen-bond donors (Lipinski definition) is 1. The van der Waals surface area contributed by atoms with E-state index in [0.29, 0.717) is 31.9 Å². The molecule has 2 amide bonds. The number of piperazine rings is 1. The van der Waals surface area contributed by atoms with Crippen molar-refractivity contribution in [2.24, 2.45) is 0 Å². The van der Waals surface area contributed by atoms with Gasteiger partial charge in [-0.3, -0.25) is 14.5 Å². The number of nitrogens with zero attached hydrogens (tertiary/aromatic N) is 2. The highest BCUT2D eigenvalue weighted by Gasteiger charge is 2.31. The van der Waals surface area contributed by atoms with Crippen LogP contribution in [-0.2, 0) is 9.59 Å². The topological polar surface area (TPSA) is 61.9 Å². The first-order valence-electron chi connectivity index (χ1n) is 9.68. The zero-order chi connectivity index (χ0) is 22.3. The van der Waals surface area contributed by atoms with Gasteiger partial charge in [-0.25, -0.2) is 0 Å². The summed E-state index contributed by atoms with van der Waals surface area (Å²) < 4.78 is 40.4. The quantitative estimate of drug-likeness (QED) is 0.710. The Kier molecular flexibility index (Phi) is 7.30. The number of halogens is 3. The highest BCUT2D eigenvalue weighted by molar-refractivity contribution is 5.93. The van der Waals surface area contributed by atoms with E-state index in [-0.39, 0.29) is 24.1 Å². The van der Waals surface area contributed by atoms with Crippen LogP contribution in [0.25, 0.3) is 6.08 Å². The Labute approximate surface area is 177 Å². The van der Waals surface area contributed by atoms with Crippen LogP contribution in [0.3, 0.4) is 0 Å². The minimum Gasteiger partial charge on any atom is -0.406 e. The Bertz CT molecular complexity index is 907. The number of carbonyl (C=O) groups is 2. The van der Waals surface area contributed by atoms with E-state index in [1.54, 1.807) is 17.1 Å². The molecule has 164 valence electrons. The Morgan fingerprint density at radius 2 is 1.61 bits per heavy atom. The molecule has 9 heteroatoms. The number of nitrogens with one attached hydrogen (secondary N) is 1. The van der Waals surface area contributed by atoms with Gasteiger partial charge in [0, 0.05) is 37.9 Å². The molecule has 0 saturated carbocycles. The van der Waals surface area contributed by atoms with Crippen molar-refractivity contribution in [2.75, 3.05) is 38.0 Å². The van der Waals surface area contributed by atoms with Crippen LogP contribution in [0.5, 0.6) is 5.75 Å². The van der Waals surface area contributed by atoms with Crippen molar-refractivity contribution in [3.63, 3.8) is 0 Å². The predicted octanol–water partition coefficient (Wildman–Crippen LogP) is 3.38. The lowest BCUT2D eigenvalue weighted by molar-refractivity contribution is -0.274. The van der Waals surface area contributed by atoms with E-state index in [4.69, 9.17) is 0 Å². The molecule has 0 aliphatic carbocycles. The molecule has 0 atom stereocenters. The summed E-state index contributed by atoms with van der Waals surface area (Å²) in [5, 5.41) is 2.64. The van der Waals surface area contributed by atoms with Gasteiger partial charge in [0.15, 0.2) is 0 Å². The van der Waals surface area contributed by atoms with Gasteiger partial charge in [-0.1, -0.05) is 30.3 Å². The SMILES string of the molecule is O=C(CN1CCN(C(=O)/C=C/c2ccccc2)CC1)Nc1ccc(OC(F)(F)F)cc1. The van der Waals surface area contributed by atoms with Crippen LogP contribution in [0.4, 0.5) is 18.9 Å². The summed E-state index contributed by atoms with van der Waals surface area (Å²) in [6.07, 6.45) is -1.44. The van der Waals surface area contributed by atoms with Crippen molar-refractivity contribution in [1.29, 1.82) is 0 Å². The van der Waals surface area contributed by atoms with Crippen LogP contribution >= 0.6 is 0 Å². The molecule has 2 aromatic carbocycles. The summed E-state index contributed by atoms with van der Waals surface area (Å²) in [5.41, 5.74) is 1.32. The third-order valence-electron chi connectivity index (χ3n) is 4.64. The van der Waals surface area contributed by atoms with E-state index in [2.05, 4.69) is 10.1 Å². The largest absolute Gasteiger partial charge is 0.573 e. The van der Waals surface area contributed by atoms with E-state index in [1.807, 2.05) is 35.2 Å². The lowest BCUT2D eigenvalue weighted by Gasteiger charge is -2.33. The van der Waals surface area contributed by atoms with Gasteiger partial charge in [-0.05, 0) is 35.9 Å². The van der Waals surface area contributed by atoms with Crippen LogP contribution in [0.1, 0.15) is 5.56 Å². The van der Waals surface area contributed by atoms with Gasteiger partial charge in [0.1, 0.15) is 5.75 Å². The molecular formula is C22H22F3N3O3. The number of hydrogen-bond acceptors (Lipinski definition) is 4. The molecule has 1 heterocycles. The van der Waals surface area contributed by atoms with Crippen LogP contribution in [0.15, 0.2) is 60.7 Å². The molecule has 0 aromatic heterocycles. The Balaban J connectivity index is 1.41. The zero-order valence-electron chi connectivity index (χ0n) is 16.6. The zero-order valence-corrected chi connectivity index (χ0v) is 16.6. The van der Waals surface area contributed by atoms with Crippen LogP contribution in [0, 0.1) is 0 Å². The van der Waals surface area contributed by atoms with E-state index in [1.165, 1.54) is 12.1 Å². The van der Waals surface area contributed by atoms with E-state index in [9.17, 15) is 22.8 Å². The van der Waals surface area contributed by atoms with Gasteiger partial charge in [-0.2, -0.15) is 0 Å². The number of alkyl halides is 3. The molecule has 0 bridgehead atoms. The molecule has 1 fully saturated rings. The molecule has 0 unspecified atom stereocenters. The minimum absolute atomic E-state index is 0.0749. The fourth-order valence-electron chi connectivity index (χ4n) is 3.11. The Hall–Kier alpha value is -3.33. The standard InChI is InChI=1S/C22H22F3N3O3/c23-22(24,25)31-19-9-7-18(8-10-19)26-20(29)16-27-12-14-28(15-13-27)21(30)11-6-17-4-2-1-3-5-17/h1-11H,12-16H2,(H,26,29)/b11-6+. The summed E-state index contributed by atoms with van der Waals surface area (Å²) in [6.45, 7) is 2.25. The third kappa shape index (κ3) is 7.45. The molecular weight excluding hydrogens is 411 g/mol. The molecule has 0 radical (unpaired) electrons. The second-order valence-electron chi connectivity index (χ2n) is 6.97. The first-order valence-corrected chi connectivity index (χ1v) is 9.68. The smallest absolute Gasteiger partial charge is 0.406 e. The fraction of sp³-hybridized carbons (Fsp3) is 0.273. The van der Waals surface area contributed by atoms with Crippen LogP contribution < -0.4 is 10.1 Å². The van der Waals surface area contributed by atoms with Crippen molar-refractivity contribution in [2.45, 2.75) is 6.36 Å². The summed E-state index contributed by atoms with van der Waals surface area (Å²) in [7, 11) is 0. The van der Waals surface area contributed by atoms with Crippen LogP contribution in [0.2, 0.25) is 0 Å². The predicted molar refractivity (Wildman–Crippen MR) is 110 cm³/mol. The van der Waals surface area contributed by atoms with Crippen molar-refractivity contribution < 1.29 is 27.5 Å². The molecule has 1 aliphatic rings. The Morgan fingerprint density at radius 3 is 2.23 bits per heavy atom. The van der Waals surface area contributed by atoms with Crippen molar-refractivity contribution in [3.8, 4) is 5.75 Å². The average molecular weight is 433 g/mol. The second-order valence-corrected chi connectivity index (χ2v) is 6.97. The van der Waals surface area contributed by atoms with Crippen LogP contribution in [-0.4, -0.2) is 60.7 Å². The van der Waals surface area contributed by atoms with Gasteiger partial charge >= 0.3 is 6.36 Å². The van der Waals surface area contributed by atoms with E-state index >= 15 is 0 Å². The lowest BCUT2D eigenvalue weighted by atomic mass is 10.2. The molecule has 31 heavy (non-hydrogen) atoms. The van der Waals surface area contributed by atoms with Gasteiger partial charge in [-0.15, -0.1) is 13.2 Å². The average Bonchev–Trinajstić information content (AvgIpc) is 2.73. The summed E-state index contributed by atoms with van der Waals surface area (Å²) in [6, 6.07) is 14.5. The molecule has 2 aromatic rings. The highest BCUT2D eigenvalue weighted by atomic mass is 19.4. The molecule has 1 aliphatic heterocycles. The summed E-state index contributed by atoms with van der Waals surface area (Å²) in [4.78, 5) is 28.2. The molecule has 1 N–H and O–H groups in total. The number of carbonyl (C=O) groups excluding carboxylic acids is 2. The van der Waals surface area contributed by atoms with E-state index in [0.717, 1.165) is 17.7 Å². The number of amides is 2. The summed E-state index contributed by atoms with van der Waals surface area (Å²) in [5.74, 6) is -0.713. The second kappa shape index (κ2) is 10.1.